The normalized spacial score (nSPS) is 29.2. The average molecular weight is 323 g/mol. The molecule has 126 valence electrons. The Morgan fingerprint density at radius 2 is 2.09 bits per heavy atom. The maximum Gasteiger partial charge on any atom is 0.152 e. The van der Waals surface area contributed by atoms with E-state index in [9.17, 15) is 8.78 Å². The highest BCUT2D eigenvalue weighted by atomic mass is 19.1. The zero-order valence-corrected chi connectivity index (χ0v) is 13.3. The first kappa shape index (κ1) is 16.2. The van der Waals surface area contributed by atoms with Crippen LogP contribution in [0.3, 0.4) is 0 Å². The second kappa shape index (κ2) is 6.43. The Kier molecular flexibility index (Phi) is 4.53. The molecule has 0 unspecified atom stereocenters. The summed E-state index contributed by atoms with van der Waals surface area (Å²) in [6.07, 6.45) is 3.16. The number of anilines is 1. The minimum atomic E-state index is -1.46. The van der Waals surface area contributed by atoms with Crippen molar-refractivity contribution in [3.05, 3.63) is 29.6 Å². The van der Waals surface area contributed by atoms with Gasteiger partial charge in [0.05, 0.1) is 6.61 Å². The lowest BCUT2D eigenvalue weighted by atomic mass is 9.87. The van der Waals surface area contributed by atoms with Crippen LogP contribution >= 0.6 is 0 Å². The van der Waals surface area contributed by atoms with E-state index in [1.54, 1.807) is 19.1 Å². The minimum Gasteiger partial charge on any atom is -0.386 e. The fraction of sp³-hybridized carbons (Fsp3) is 0.588. The Balaban J connectivity index is 1.94. The van der Waals surface area contributed by atoms with Gasteiger partial charge in [0.25, 0.3) is 0 Å². The maximum absolute atomic E-state index is 14.6. The number of halogens is 2. The number of hydrogen-bond donors (Lipinski definition) is 2. The van der Waals surface area contributed by atoms with E-state index in [2.05, 4.69) is 10.3 Å². The molecule has 1 aliphatic carbocycles. The largest absolute Gasteiger partial charge is 0.386 e. The van der Waals surface area contributed by atoms with Crippen molar-refractivity contribution in [3.8, 4) is 0 Å². The number of benzene rings is 1. The Morgan fingerprint density at radius 1 is 1.35 bits per heavy atom. The Hall–Kier alpha value is -1.69. The molecule has 0 saturated heterocycles. The first-order valence-corrected chi connectivity index (χ1v) is 8.11. The summed E-state index contributed by atoms with van der Waals surface area (Å²) in [6.45, 7) is 1.48. The summed E-state index contributed by atoms with van der Waals surface area (Å²) in [5, 5.41) is 3.41. The number of hydrogen-bond acceptors (Lipinski definition) is 4. The highest BCUT2D eigenvalue weighted by Gasteiger charge is 2.40. The molecule has 4 nitrogen and oxygen atoms in total. The third-order valence-electron chi connectivity index (χ3n) is 4.74. The van der Waals surface area contributed by atoms with Crippen LogP contribution in [-0.2, 0) is 10.3 Å². The SMILES string of the molecule is C[C@]1(c2cc(NC3CCCC3)ccc2F)N=C(N)COC[C@@H]1F. The molecule has 6 heteroatoms. The van der Waals surface area contributed by atoms with Gasteiger partial charge in [-0.05, 0) is 38.0 Å². The molecule has 1 saturated carbocycles. The Morgan fingerprint density at radius 3 is 2.83 bits per heavy atom. The van der Waals surface area contributed by atoms with E-state index < -0.39 is 17.5 Å². The summed E-state index contributed by atoms with van der Waals surface area (Å²) in [5.74, 6) is -0.299. The number of nitrogens with two attached hydrogens (primary N) is 1. The van der Waals surface area contributed by atoms with Crippen LogP contribution in [0.5, 0.6) is 0 Å². The van der Waals surface area contributed by atoms with E-state index in [0.717, 1.165) is 18.5 Å². The summed E-state index contributed by atoms with van der Waals surface area (Å²) >= 11 is 0. The highest BCUT2D eigenvalue weighted by Crippen LogP contribution is 2.36. The third-order valence-corrected chi connectivity index (χ3v) is 4.74. The molecule has 0 amide bonds. The van der Waals surface area contributed by atoms with Crippen LogP contribution in [0.1, 0.15) is 38.2 Å². The summed E-state index contributed by atoms with van der Waals surface area (Å²) < 4.78 is 34.1. The predicted octanol–water partition coefficient (Wildman–Crippen LogP) is 3.12. The molecule has 3 N–H and O–H groups in total. The summed E-state index contributed by atoms with van der Waals surface area (Å²) in [5.41, 5.74) is 5.38. The first-order valence-electron chi connectivity index (χ1n) is 8.11. The molecule has 1 aromatic carbocycles. The van der Waals surface area contributed by atoms with Gasteiger partial charge in [0.2, 0.25) is 0 Å². The van der Waals surface area contributed by atoms with Crippen LogP contribution in [0, 0.1) is 5.82 Å². The number of nitrogens with zero attached hydrogens (tertiary/aromatic N) is 1. The van der Waals surface area contributed by atoms with E-state index in [0.29, 0.717) is 6.04 Å². The van der Waals surface area contributed by atoms with Gasteiger partial charge in [-0.2, -0.15) is 0 Å². The van der Waals surface area contributed by atoms with E-state index >= 15 is 0 Å². The van der Waals surface area contributed by atoms with E-state index in [1.165, 1.54) is 18.9 Å². The Labute approximate surface area is 135 Å². The first-order chi connectivity index (χ1) is 11.0. The smallest absolute Gasteiger partial charge is 0.152 e. The van der Waals surface area contributed by atoms with Crippen molar-refractivity contribution >= 4 is 11.5 Å². The quantitative estimate of drug-likeness (QED) is 0.898. The molecule has 1 aromatic rings. The van der Waals surface area contributed by atoms with Crippen molar-refractivity contribution in [2.24, 2.45) is 10.7 Å². The highest BCUT2D eigenvalue weighted by molar-refractivity contribution is 5.82. The molecule has 0 bridgehead atoms. The van der Waals surface area contributed by atoms with Gasteiger partial charge in [-0.1, -0.05) is 12.8 Å². The summed E-state index contributed by atoms with van der Waals surface area (Å²) in [6, 6.07) is 5.10. The molecule has 1 heterocycles. The lowest BCUT2D eigenvalue weighted by molar-refractivity contribution is 0.0755. The fourth-order valence-corrected chi connectivity index (χ4v) is 3.37. The number of rotatable bonds is 3. The van der Waals surface area contributed by atoms with Crippen molar-refractivity contribution in [2.45, 2.75) is 50.4 Å². The average Bonchev–Trinajstić information content (AvgIpc) is 2.97. The molecular weight excluding hydrogens is 300 g/mol. The van der Waals surface area contributed by atoms with E-state index in [4.69, 9.17) is 10.5 Å². The standard InChI is InChI=1S/C17H23F2N3O/c1-17(15(19)9-23-10-16(20)22-17)13-8-12(6-7-14(13)18)21-11-4-2-3-5-11/h6-8,11,15,21H,2-5,9-10H2,1H3,(H2,20,22)/t15-,17+/m0/s1. The number of aliphatic imine (C=N–C) groups is 1. The zero-order chi connectivity index (χ0) is 16.4. The van der Waals surface area contributed by atoms with Crippen molar-refractivity contribution in [2.75, 3.05) is 18.5 Å². The molecule has 0 radical (unpaired) electrons. The molecular formula is C17H23F2N3O. The lowest BCUT2D eigenvalue weighted by Gasteiger charge is -2.29. The topological polar surface area (TPSA) is 59.6 Å². The number of nitrogens with one attached hydrogen (secondary N) is 1. The van der Waals surface area contributed by atoms with Gasteiger partial charge in [0.1, 0.15) is 23.8 Å². The van der Waals surface area contributed by atoms with Crippen molar-refractivity contribution in [1.29, 1.82) is 0 Å². The van der Waals surface area contributed by atoms with Crippen LogP contribution in [0.25, 0.3) is 0 Å². The van der Waals surface area contributed by atoms with Gasteiger partial charge >= 0.3 is 0 Å². The van der Waals surface area contributed by atoms with Crippen LogP contribution in [-0.4, -0.2) is 31.3 Å². The molecule has 3 rings (SSSR count). The zero-order valence-electron chi connectivity index (χ0n) is 13.3. The molecule has 1 aliphatic heterocycles. The van der Waals surface area contributed by atoms with Gasteiger partial charge in [-0.15, -0.1) is 0 Å². The van der Waals surface area contributed by atoms with Crippen molar-refractivity contribution in [3.63, 3.8) is 0 Å². The number of ether oxygens (including phenoxy) is 1. The minimum absolute atomic E-state index is 0.0671. The van der Waals surface area contributed by atoms with E-state index in [1.807, 2.05) is 0 Å². The fourth-order valence-electron chi connectivity index (χ4n) is 3.37. The summed E-state index contributed by atoms with van der Waals surface area (Å²) in [7, 11) is 0. The van der Waals surface area contributed by atoms with Crippen LogP contribution in [0.4, 0.5) is 14.5 Å². The predicted molar refractivity (Wildman–Crippen MR) is 87.0 cm³/mol. The molecule has 2 atom stereocenters. The number of amidine groups is 1. The van der Waals surface area contributed by atoms with Crippen molar-refractivity contribution in [1.82, 2.24) is 0 Å². The molecule has 0 aromatic heterocycles. The van der Waals surface area contributed by atoms with Gasteiger partial charge in [0, 0.05) is 17.3 Å². The van der Waals surface area contributed by atoms with Gasteiger partial charge < -0.3 is 15.8 Å². The molecule has 1 fully saturated rings. The lowest BCUT2D eigenvalue weighted by Crippen LogP contribution is -2.35. The summed E-state index contributed by atoms with van der Waals surface area (Å²) in [4.78, 5) is 4.22. The maximum atomic E-state index is 14.6. The second-order valence-corrected chi connectivity index (χ2v) is 6.55. The van der Waals surface area contributed by atoms with Crippen LogP contribution in [0.2, 0.25) is 0 Å². The third kappa shape index (κ3) is 3.32. The molecule has 2 aliphatic rings. The van der Waals surface area contributed by atoms with Crippen LogP contribution in [0.15, 0.2) is 23.2 Å². The number of alkyl halides is 1. The molecule has 0 spiro atoms. The monoisotopic (exact) mass is 323 g/mol. The van der Waals surface area contributed by atoms with Gasteiger partial charge in [-0.25, -0.2) is 8.78 Å². The van der Waals surface area contributed by atoms with E-state index in [-0.39, 0.29) is 24.6 Å². The molecule has 23 heavy (non-hydrogen) atoms. The Bertz CT molecular complexity index is 602. The second-order valence-electron chi connectivity index (χ2n) is 6.55. The van der Waals surface area contributed by atoms with Gasteiger partial charge in [0.15, 0.2) is 6.17 Å². The van der Waals surface area contributed by atoms with Gasteiger partial charge in [-0.3, -0.25) is 4.99 Å². The van der Waals surface area contributed by atoms with Crippen molar-refractivity contribution < 1.29 is 13.5 Å². The van der Waals surface area contributed by atoms with Crippen LogP contribution < -0.4 is 11.1 Å².